The number of aliphatic hydroxyl groups is 1. The Balaban J connectivity index is 0.000000798. The summed E-state index contributed by atoms with van der Waals surface area (Å²) in [4.78, 5) is 0. The van der Waals surface area contributed by atoms with Gasteiger partial charge in [0.2, 0.25) is 0 Å². The van der Waals surface area contributed by atoms with Crippen molar-refractivity contribution in [1.82, 2.24) is 0 Å². The van der Waals surface area contributed by atoms with Crippen molar-refractivity contribution in [2.45, 2.75) is 111 Å². The number of allylic oxidation sites excluding steroid dienone is 1. The minimum atomic E-state index is -4.67. The van der Waals surface area contributed by atoms with Crippen molar-refractivity contribution in [2.75, 3.05) is 0 Å². The first-order valence-corrected chi connectivity index (χ1v) is 14.7. The first-order valence-electron chi connectivity index (χ1n) is 13.3. The number of aliphatic hydroxyl groups excluding tert-OH is 1. The molecule has 0 spiro atoms. The van der Waals surface area contributed by atoms with Crippen LogP contribution in [0.2, 0.25) is 0 Å². The van der Waals surface area contributed by atoms with E-state index in [1.165, 1.54) is 57.8 Å². The van der Waals surface area contributed by atoms with Crippen LogP contribution in [0.25, 0.3) is 0 Å². The molecular weight excluding hydrogens is 459 g/mol. The van der Waals surface area contributed by atoms with Gasteiger partial charge < -0.3 is 6.53 Å². The van der Waals surface area contributed by atoms with Gasteiger partial charge in [-0.15, -0.1) is 0 Å². The molecule has 3 saturated carbocycles. The zero-order valence-electron chi connectivity index (χ0n) is 23.5. The molecule has 0 unspecified atom stereocenters. The molecule has 0 heterocycles. The van der Waals surface area contributed by atoms with E-state index in [1.807, 2.05) is 0 Å². The third kappa shape index (κ3) is 6.90. The minimum absolute atomic E-state index is 0. The van der Waals surface area contributed by atoms with E-state index in [0.717, 1.165) is 48.3 Å². The molecule has 0 amide bonds. The summed E-state index contributed by atoms with van der Waals surface area (Å²) in [5, 5.41) is 10.2. The fourth-order valence-electron chi connectivity index (χ4n) is 8.67. The van der Waals surface area contributed by atoms with Crippen LogP contribution in [0, 0.1) is 46.3 Å². The summed E-state index contributed by atoms with van der Waals surface area (Å²) in [6, 6.07) is 0. The van der Waals surface area contributed by atoms with Gasteiger partial charge in [-0.25, -0.2) is 0 Å². The van der Waals surface area contributed by atoms with E-state index in [1.54, 1.807) is 5.57 Å². The molecule has 0 saturated heterocycles. The van der Waals surface area contributed by atoms with E-state index < -0.39 is 10.4 Å². The van der Waals surface area contributed by atoms with Gasteiger partial charge in [-0.05, 0) is 97.7 Å². The summed E-state index contributed by atoms with van der Waals surface area (Å²) >= 11 is 0. The van der Waals surface area contributed by atoms with Crippen molar-refractivity contribution in [3.63, 3.8) is 0 Å². The van der Waals surface area contributed by atoms with Crippen LogP contribution < -0.4 is 29.6 Å². The van der Waals surface area contributed by atoms with Gasteiger partial charge >= 0.3 is 40.0 Å². The number of fused-ring (bicyclic) bond motifs is 5. The Morgan fingerprint density at radius 3 is 2.29 bits per heavy atom. The van der Waals surface area contributed by atoms with Gasteiger partial charge in [0.25, 0.3) is 0 Å². The van der Waals surface area contributed by atoms with Crippen molar-refractivity contribution in [1.29, 1.82) is 0 Å². The Kier molecular flexibility index (Phi) is 10.8. The average molecular weight is 509 g/mol. The zero-order valence-corrected chi connectivity index (χ0v) is 25.3. The molecule has 0 radical (unpaired) electrons. The van der Waals surface area contributed by atoms with Crippen LogP contribution in [-0.2, 0) is 10.4 Å². The third-order valence-corrected chi connectivity index (χ3v) is 10.3. The molecule has 0 bridgehead atoms. The maximum atomic E-state index is 10.2. The van der Waals surface area contributed by atoms with Gasteiger partial charge in [-0.1, -0.05) is 65.5 Å². The SMILES string of the molecule is CC(C)CCC[C@@H](C)[C@H]1CC[C@H]2[C@@H]3CC=C4C[C@@H](O)CC[C@]4(C)[C@H]3CC[C@]12C.O=S(=O)(O)O.[H-].[Na+]. The van der Waals surface area contributed by atoms with E-state index >= 15 is 0 Å². The maximum Gasteiger partial charge on any atom is 1.00 e. The molecule has 3 N–H and O–H groups in total. The van der Waals surface area contributed by atoms with E-state index in [2.05, 4.69) is 40.7 Å². The molecule has 0 aromatic heterocycles. The second-order valence-corrected chi connectivity index (χ2v) is 13.5. The largest absolute Gasteiger partial charge is 1.00 e. The molecule has 4 rings (SSSR count). The number of rotatable bonds is 5. The molecule has 3 fully saturated rings. The molecule has 7 heteroatoms. The molecular formula is C27H49NaO5S. The van der Waals surface area contributed by atoms with Crippen LogP contribution in [0.4, 0.5) is 0 Å². The molecule has 8 atom stereocenters. The quantitative estimate of drug-likeness (QED) is 0.298. The first kappa shape index (κ1) is 30.8. The topological polar surface area (TPSA) is 94.8 Å². The second kappa shape index (κ2) is 12.0. The zero-order chi connectivity index (χ0) is 24.6. The third-order valence-electron chi connectivity index (χ3n) is 10.3. The van der Waals surface area contributed by atoms with Gasteiger partial charge in [0, 0.05) is 0 Å². The van der Waals surface area contributed by atoms with Crippen LogP contribution in [0.3, 0.4) is 0 Å². The van der Waals surface area contributed by atoms with Crippen LogP contribution in [-0.4, -0.2) is 28.7 Å². The van der Waals surface area contributed by atoms with E-state index in [4.69, 9.17) is 17.5 Å². The van der Waals surface area contributed by atoms with E-state index in [0.29, 0.717) is 10.8 Å². The monoisotopic (exact) mass is 508 g/mol. The average Bonchev–Trinajstić information content (AvgIpc) is 3.04. The first-order chi connectivity index (χ1) is 15.3. The molecule has 34 heavy (non-hydrogen) atoms. The Morgan fingerprint density at radius 1 is 1.03 bits per heavy atom. The van der Waals surface area contributed by atoms with Crippen LogP contribution in [0.1, 0.15) is 107 Å². The van der Waals surface area contributed by atoms with Gasteiger partial charge in [0.1, 0.15) is 0 Å². The minimum Gasteiger partial charge on any atom is -1.00 e. The summed E-state index contributed by atoms with van der Waals surface area (Å²) in [5.41, 5.74) is 2.60. The van der Waals surface area contributed by atoms with Crippen LogP contribution >= 0.6 is 0 Å². The Bertz CT molecular complexity index is 810. The summed E-state index contributed by atoms with van der Waals surface area (Å²) in [6.45, 7) is 12.6. The molecule has 0 aromatic rings. The van der Waals surface area contributed by atoms with Crippen molar-refractivity contribution in [2.24, 2.45) is 46.3 Å². The van der Waals surface area contributed by atoms with Crippen molar-refractivity contribution >= 4 is 10.4 Å². The molecule has 194 valence electrons. The van der Waals surface area contributed by atoms with Crippen molar-refractivity contribution in [3.05, 3.63) is 11.6 Å². The second-order valence-electron chi connectivity index (χ2n) is 12.6. The van der Waals surface area contributed by atoms with Crippen molar-refractivity contribution in [3.8, 4) is 0 Å². The number of hydrogen-bond acceptors (Lipinski definition) is 3. The Labute approximate surface area is 232 Å². The molecule has 0 aromatic carbocycles. The van der Waals surface area contributed by atoms with Crippen LogP contribution in [0.5, 0.6) is 0 Å². The Hall–Kier alpha value is 0.570. The summed E-state index contributed by atoms with van der Waals surface area (Å²) in [5.74, 6) is 5.46. The summed E-state index contributed by atoms with van der Waals surface area (Å²) in [7, 11) is -4.67. The standard InChI is InChI=1S/C27H46O.Na.H2O4S.H/c1-18(2)7-6-8-19(3)23-11-12-24-22-10-9-20-17-21(28)13-15-26(20,4)25(22)14-16-27(23,24)5;;1-5(2,3)4;/h9,18-19,21-25,28H,6-8,10-17H2,1-5H3;;(H2,1,2,3,4);/q;+1;;-1/t19-,21+,22+,23-,24+,25+,26+,27-;;;/m1.../s1. The van der Waals surface area contributed by atoms with E-state index in [9.17, 15) is 5.11 Å². The van der Waals surface area contributed by atoms with Crippen LogP contribution in [0.15, 0.2) is 11.6 Å². The van der Waals surface area contributed by atoms with Gasteiger partial charge in [-0.3, -0.25) is 9.11 Å². The van der Waals surface area contributed by atoms with Crippen molar-refractivity contribution < 1.29 is 53.6 Å². The van der Waals surface area contributed by atoms with E-state index in [-0.39, 0.29) is 37.1 Å². The molecule has 4 aliphatic carbocycles. The van der Waals surface area contributed by atoms with Gasteiger partial charge in [0.05, 0.1) is 6.10 Å². The van der Waals surface area contributed by atoms with Gasteiger partial charge in [-0.2, -0.15) is 8.42 Å². The summed E-state index contributed by atoms with van der Waals surface area (Å²) in [6.07, 6.45) is 17.2. The Morgan fingerprint density at radius 2 is 1.68 bits per heavy atom. The molecule has 5 nitrogen and oxygen atoms in total. The molecule has 4 aliphatic rings. The number of hydrogen-bond donors (Lipinski definition) is 3. The van der Waals surface area contributed by atoms with Gasteiger partial charge in [0.15, 0.2) is 0 Å². The maximum absolute atomic E-state index is 10.2. The normalized spacial score (nSPS) is 40.0. The predicted molar refractivity (Wildman–Crippen MR) is 134 cm³/mol. The fraction of sp³-hybridized carbons (Fsp3) is 0.926. The fourth-order valence-corrected chi connectivity index (χ4v) is 8.67. The smallest absolute Gasteiger partial charge is 1.00 e. The molecule has 0 aliphatic heterocycles. The predicted octanol–water partition coefficient (Wildman–Crippen LogP) is 3.85. The summed E-state index contributed by atoms with van der Waals surface area (Å²) < 4.78 is 31.6.